The molecule has 37 heavy (non-hydrogen) atoms. The molecule has 0 fully saturated rings. The number of nitrogens with one attached hydrogen (secondary N) is 3. The summed E-state index contributed by atoms with van der Waals surface area (Å²) in [4.78, 5) is 24.8. The number of halogens is 3. The lowest BCUT2D eigenvalue weighted by molar-refractivity contribution is -0.115. The number of amides is 2. The van der Waals surface area contributed by atoms with Crippen LogP contribution in [-0.2, 0) is 4.79 Å². The molecule has 0 unspecified atom stereocenters. The second-order valence-corrected chi connectivity index (χ2v) is 9.28. The molecular weight excluding hydrogens is 553 g/mol. The number of hydrogen-bond donors (Lipinski definition) is 3. The first kappa shape index (κ1) is 26.4. The van der Waals surface area contributed by atoms with Crippen molar-refractivity contribution in [3.8, 4) is 11.3 Å². The lowest BCUT2D eigenvalue weighted by atomic mass is 10.2. The van der Waals surface area contributed by atoms with Gasteiger partial charge in [0.05, 0.1) is 15.6 Å². The molecule has 0 aliphatic heterocycles. The number of carbonyl (C=O) groups is 2. The van der Waals surface area contributed by atoms with Gasteiger partial charge in [-0.2, -0.15) is 0 Å². The summed E-state index contributed by atoms with van der Waals surface area (Å²) in [5, 5.41) is 9.67. The molecule has 0 spiro atoms. The van der Waals surface area contributed by atoms with Gasteiger partial charge in [0.25, 0.3) is 5.91 Å². The molecule has 0 atom stereocenters. The van der Waals surface area contributed by atoms with E-state index in [-0.39, 0.29) is 11.0 Å². The van der Waals surface area contributed by atoms with Gasteiger partial charge < -0.3 is 15.1 Å². The quantitative estimate of drug-likeness (QED) is 0.164. The van der Waals surface area contributed by atoms with Gasteiger partial charge in [0.2, 0.25) is 5.91 Å². The van der Waals surface area contributed by atoms with Crippen LogP contribution in [0, 0.1) is 0 Å². The Morgan fingerprint density at radius 2 is 1.57 bits per heavy atom. The number of hydrogen-bond acceptors (Lipinski definition) is 4. The van der Waals surface area contributed by atoms with Crippen molar-refractivity contribution >= 4 is 81.4 Å². The Morgan fingerprint density at radius 1 is 0.811 bits per heavy atom. The van der Waals surface area contributed by atoms with Gasteiger partial charge in [0.1, 0.15) is 11.5 Å². The molecule has 2 amide bonds. The lowest BCUT2D eigenvalue weighted by Gasteiger charge is -2.11. The van der Waals surface area contributed by atoms with Gasteiger partial charge in [0, 0.05) is 28.0 Å². The van der Waals surface area contributed by atoms with Crippen molar-refractivity contribution in [2.75, 3.05) is 10.6 Å². The van der Waals surface area contributed by atoms with E-state index in [1.807, 2.05) is 0 Å². The standard InChI is InChI=1S/C27H18Cl3N3O3S/c28-16-8-11-20(23(30)14-16)24-12-9-19(36-24)10-13-25(34)33-27(37)32-18-5-3-4-17(15-18)31-26(35)21-6-1-2-7-22(21)29/h1-15H,(H,31,35)(H2,32,33,34,37)/b13-10+. The minimum absolute atomic E-state index is 0.0808. The zero-order valence-corrected chi connectivity index (χ0v) is 22.0. The lowest BCUT2D eigenvalue weighted by Crippen LogP contribution is -2.32. The summed E-state index contributed by atoms with van der Waals surface area (Å²) in [6, 6.07) is 22.2. The predicted octanol–water partition coefficient (Wildman–Crippen LogP) is 7.69. The highest BCUT2D eigenvalue weighted by Crippen LogP contribution is 2.31. The molecule has 1 heterocycles. The van der Waals surface area contributed by atoms with Crippen molar-refractivity contribution < 1.29 is 14.0 Å². The molecule has 4 aromatic rings. The number of carbonyl (C=O) groups excluding carboxylic acids is 2. The smallest absolute Gasteiger partial charge is 0.257 e. The highest BCUT2D eigenvalue weighted by molar-refractivity contribution is 7.80. The zero-order valence-electron chi connectivity index (χ0n) is 18.9. The maximum atomic E-state index is 12.5. The van der Waals surface area contributed by atoms with E-state index in [0.29, 0.717) is 49.1 Å². The van der Waals surface area contributed by atoms with Crippen molar-refractivity contribution in [3.05, 3.63) is 111 Å². The van der Waals surface area contributed by atoms with E-state index in [2.05, 4.69) is 16.0 Å². The van der Waals surface area contributed by atoms with Crippen LogP contribution < -0.4 is 16.0 Å². The van der Waals surface area contributed by atoms with E-state index in [9.17, 15) is 9.59 Å². The minimum Gasteiger partial charge on any atom is -0.457 e. The van der Waals surface area contributed by atoms with Crippen molar-refractivity contribution in [2.24, 2.45) is 0 Å². The van der Waals surface area contributed by atoms with Crippen LogP contribution in [0.1, 0.15) is 16.1 Å². The molecule has 3 aromatic carbocycles. The van der Waals surface area contributed by atoms with Crippen LogP contribution >= 0.6 is 47.0 Å². The van der Waals surface area contributed by atoms with Gasteiger partial charge in [-0.3, -0.25) is 14.9 Å². The Kier molecular flexibility index (Phi) is 8.63. The number of rotatable bonds is 6. The molecule has 186 valence electrons. The topological polar surface area (TPSA) is 83.4 Å². The van der Waals surface area contributed by atoms with E-state index >= 15 is 0 Å². The van der Waals surface area contributed by atoms with Crippen LogP contribution in [-0.4, -0.2) is 16.9 Å². The normalized spacial score (nSPS) is 10.8. The van der Waals surface area contributed by atoms with Gasteiger partial charge in [-0.05, 0) is 79.0 Å². The molecule has 3 N–H and O–H groups in total. The molecule has 10 heteroatoms. The number of anilines is 2. The fraction of sp³-hybridized carbons (Fsp3) is 0. The Hall–Kier alpha value is -3.62. The summed E-state index contributed by atoms with van der Waals surface area (Å²) in [5.74, 6) is 0.198. The Morgan fingerprint density at radius 3 is 2.32 bits per heavy atom. The van der Waals surface area contributed by atoms with Crippen LogP contribution in [0.3, 0.4) is 0 Å². The molecular formula is C27H18Cl3N3O3S. The third kappa shape index (κ3) is 7.21. The first-order valence-corrected chi connectivity index (χ1v) is 12.3. The molecule has 4 rings (SSSR count). The molecule has 0 saturated carbocycles. The van der Waals surface area contributed by atoms with E-state index in [4.69, 9.17) is 51.4 Å². The summed E-state index contributed by atoms with van der Waals surface area (Å²) < 4.78 is 5.74. The van der Waals surface area contributed by atoms with Crippen molar-refractivity contribution in [3.63, 3.8) is 0 Å². The summed E-state index contributed by atoms with van der Waals surface area (Å²) in [7, 11) is 0. The second-order valence-electron chi connectivity index (χ2n) is 7.62. The van der Waals surface area contributed by atoms with Gasteiger partial charge in [-0.25, -0.2) is 0 Å². The van der Waals surface area contributed by atoms with Crippen LogP contribution in [0.5, 0.6) is 0 Å². The zero-order chi connectivity index (χ0) is 26.4. The first-order chi connectivity index (χ1) is 17.8. The van der Waals surface area contributed by atoms with Crippen LogP contribution in [0.4, 0.5) is 11.4 Å². The van der Waals surface area contributed by atoms with E-state index < -0.39 is 5.91 Å². The van der Waals surface area contributed by atoms with Gasteiger partial charge in [0.15, 0.2) is 5.11 Å². The highest BCUT2D eigenvalue weighted by Gasteiger charge is 2.11. The van der Waals surface area contributed by atoms with Crippen molar-refractivity contribution in [1.82, 2.24) is 5.32 Å². The molecule has 6 nitrogen and oxygen atoms in total. The summed E-state index contributed by atoms with van der Waals surface area (Å²) in [6.45, 7) is 0. The molecule has 0 radical (unpaired) electrons. The van der Waals surface area contributed by atoms with Gasteiger partial charge >= 0.3 is 0 Å². The van der Waals surface area contributed by atoms with Crippen molar-refractivity contribution in [1.29, 1.82) is 0 Å². The van der Waals surface area contributed by atoms with Crippen molar-refractivity contribution in [2.45, 2.75) is 0 Å². The largest absolute Gasteiger partial charge is 0.457 e. The molecule has 0 bridgehead atoms. The second kappa shape index (κ2) is 12.1. The van der Waals surface area contributed by atoms with Crippen LogP contribution in [0.25, 0.3) is 17.4 Å². The number of benzene rings is 3. The summed E-state index contributed by atoms with van der Waals surface area (Å²) in [5.41, 5.74) is 2.14. The third-order valence-electron chi connectivity index (χ3n) is 4.96. The Balaban J connectivity index is 1.32. The van der Waals surface area contributed by atoms with E-state index in [1.54, 1.807) is 78.9 Å². The fourth-order valence-electron chi connectivity index (χ4n) is 3.27. The Labute approximate surface area is 233 Å². The third-order valence-corrected chi connectivity index (χ3v) is 6.04. The Bertz CT molecular complexity index is 1520. The minimum atomic E-state index is -0.455. The van der Waals surface area contributed by atoms with Gasteiger partial charge in [-0.1, -0.05) is 53.0 Å². The summed E-state index contributed by atoms with van der Waals surface area (Å²) in [6.07, 6.45) is 2.80. The average molecular weight is 571 g/mol. The SMILES string of the molecule is O=C(/C=C/c1ccc(-c2ccc(Cl)cc2Cl)o1)NC(=S)Nc1cccc(NC(=O)c2ccccc2Cl)c1. The molecule has 0 saturated heterocycles. The predicted molar refractivity (Wildman–Crippen MR) is 153 cm³/mol. The van der Waals surface area contributed by atoms with E-state index in [0.717, 1.165) is 0 Å². The average Bonchev–Trinajstić information content (AvgIpc) is 3.32. The molecule has 0 aliphatic carbocycles. The number of thiocarbonyl (C=S) groups is 1. The maximum absolute atomic E-state index is 12.5. The summed E-state index contributed by atoms with van der Waals surface area (Å²) >= 11 is 23.5. The van der Waals surface area contributed by atoms with Crippen LogP contribution in [0.2, 0.25) is 15.1 Å². The first-order valence-electron chi connectivity index (χ1n) is 10.8. The molecule has 0 aliphatic rings. The van der Waals surface area contributed by atoms with Gasteiger partial charge in [-0.15, -0.1) is 0 Å². The monoisotopic (exact) mass is 569 g/mol. The van der Waals surface area contributed by atoms with E-state index in [1.165, 1.54) is 12.2 Å². The van der Waals surface area contributed by atoms with Crippen LogP contribution in [0.15, 0.2) is 89.4 Å². The number of furan rings is 1. The highest BCUT2D eigenvalue weighted by atomic mass is 35.5. The maximum Gasteiger partial charge on any atom is 0.257 e. The molecule has 1 aromatic heterocycles. The fourth-order valence-corrected chi connectivity index (χ4v) is 4.21.